The van der Waals surface area contributed by atoms with Gasteiger partial charge < -0.3 is 10.1 Å². The molecule has 1 heterocycles. The summed E-state index contributed by atoms with van der Waals surface area (Å²) in [7, 11) is 0. The molecule has 20 heavy (non-hydrogen) atoms. The monoisotopic (exact) mass is 280 g/mol. The highest BCUT2D eigenvalue weighted by molar-refractivity contribution is 5.85. The molecule has 0 saturated carbocycles. The first-order valence-electron chi connectivity index (χ1n) is 7.89. The molecule has 1 atom stereocenters. The van der Waals surface area contributed by atoms with E-state index in [1.807, 2.05) is 20.8 Å². The van der Waals surface area contributed by atoms with Crippen molar-refractivity contribution >= 4 is 5.91 Å². The first-order chi connectivity index (χ1) is 9.59. The van der Waals surface area contributed by atoms with Crippen LogP contribution in [0.2, 0.25) is 0 Å². The van der Waals surface area contributed by atoms with Crippen molar-refractivity contribution < 1.29 is 9.53 Å². The van der Waals surface area contributed by atoms with Gasteiger partial charge in [-0.25, -0.2) is 0 Å². The van der Waals surface area contributed by atoms with Gasteiger partial charge in [-0.15, -0.1) is 0 Å². The molecule has 1 aliphatic heterocycles. The topological polar surface area (TPSA) is 62.1 Å². The summed E-state index contributed by atoms with van der Waals surface area (Å²) in [6.07, 6.45) is 4.97. The zero-order valence-corrected chi connectivity index (χ0v) is 13.1. The molecule has 0 aliphatic carbocycles. The van der Waals surface area contributed by atoms with Crippen LogP contribution in [0.3, 0.4) is 0 Å². The average molecular weight is 280 g/mol. The highest BCUT2D eigenvalue weighted by Gasteiger charge is 2.38. The molecule has 1 saturated heterocycles. The predicted molar refractivity (Wildman–Crippen MR) is 79.0 cm³/mol. The Hall–Kier alpha value is -1.08. The summed E-state index contributed by atoms with van der Waals surface area (Å²) in [5, 5.41) is 12.6. The molecular weight excluding hydrogens is 252 g/mol. The molecule has 4 nitrogen and oxygen atoms in total. The Morgan fingerprint density at radius 2 is 1.90 bits per heavy atom. The highest BCUT2D eigenvalue weighted by Crippen LogP contribution is 2.30. The lowest BCUT2D eigenvalue weighted by atomic mass is 9.79. The fourth-order valence-electron chi connectivity index (χ4n) is 3.05. The molecule has 0 aromatic rings. The van der Waals surface area contributed by atoms with E-state index in [1.54, 1.807) is 0 Å². The van der Waals surface area contributed by atoms with Gasteiger partial charge >= 0.3 is 0 Å². The molecule has 1 aliphatic rings. The summed E-state index contributed by atoms with van der Waals surface area (Å²) in [6.45, 7) is 7.65. The summed E-state index contributed by atoms with van der Waals surface area (Å²) < 4.78 is 5.36. The average Bonchev–Trinajstić information content (AvgIpc) is 2.47. The van der Waals surface area contributed by atoms with Crippen molar-refractivity contribution in [2.24, 2.45) is 11.3 Å². The van der Waals surface area contributed by atoms with Gasteiger partial charge in [0.25, 0.3) is 0 Å². The largest absolute Gasteiger partial charge is 0.381 e. The fraction of sp³-hybridized carbons (Fsp3) is 0.875. The van der Waals surface area contributed by atoms with Crippen molar-refractivity contribution in [3.8, 4) is 6.07 Å². The van der Waals surface area contributed by atoms with Crippen LogP contribution in [0.15, 0.2) is 0 Å². The van der Waals surface area contributed by atoms with E-state index in [4.69, 9.17) is 4.74 Å². The van der Waals surface area contributed by atoms with Crippen LogP contribution in [0.25, 0.3) is 0 Å². The zero-order chi connectivity index (χ0) is 15.0. The molecule has 114 valence electrons. The molecule has 0 aromatic carbocycles. The summed E-state index contributed by atoms with van der Waals surface area (Å²) in [6, 6.07) is 2.41. The minimum absolute atomic E-state index is 0.0808. The smallest absolute Gasteiger partial charge is 0.240 e. The van der Waals surface area contributed by atoms with Gasteiger partial charge in [0.15, 0.2) is 0 Å². The van der Waals surface area contributed by atoms with Crippen LogP contribution >= 0.6 is 0 Å². The lowest BCUT2D eigenvalue weighted by Gasteiger charge is -2.32. The fourth-order valence-corrected chi connectivity index (χ4v) is 3.05. The zero-order valence-electron chi connectivity index (χ0n) is 13.1. The molecule has 0 spiro atoms. The normalized spacial score (nSPS) is 18.3. The number of rotatable bonds is 7. The van der Waals surface area contributed by atoms with E-state index in [0.717, 1.165) is 38.9 Å². The SMILES string of the molecule is CCCC(C#N)(CCC)C(=O)NC(C)C1CCOCC1. The van der Waals surface area contributed by atoms with Crippen molar-refractivity contribution in [1.82, 2.24) is 5.32 Å². The molecule has 4 heteroatoms. The van der Waals surface area contributed by atoms with Crippen LogP contribution in [-0.4, -0.2) is 25.2 Å². The summed E-state index contributed by atoms with van der Waals surface area (Å²) in [5.74, 6) is 0.384. The Balaban J connectivity index is 2.67. The molecule has 0 radical (unpaired) electrons. The maximum atomic E-state index is 12.6. The number of nitrogens with zero attached hydrogens (tertiary/aromatic N) is 1. The van der Waals surface area contributed by atoms with Gasteiger partial charge in [-0.05, 0) is 38.5 Å². The summed E-state index contributed by atoms with van der Waals surface area (Å²) >= 11 is 0. The van der Waals surface area contributed by atoms with E-state index in [0.29, 0.717) is 18.8 Å². The number of ether oxygens (including phenoxy) is 1. The van der Waals surface area contributed by atoms with E-state index >= 15 is 0 Å². The number of carbonyl (C=O) groups excluding carboxylic acids is 1. The molecule has 1 N–H and O–H groups in total. The first-order valence-corrected chi connectivity index (χ1v) is 7.89. The van der Waals surface area contributed by atoms with Gasteiger partial charge in [0, 0.05) is 19.3 Å². The second-order valence-electron chi connectivity index (χ2n) is 5.91. The molecule has 1 fully saturated rings. The van der Waals surface area contributed by atoms with Crippen LogP contribution in [0.1, 0.15) is 59.3 Å². The van der Waals surface area contributed by atoms with Crippen molar-refractivity contribution in [3.05, 3.63) is 0 Å². The van der Waals surface area contributed by atoms with Crippen molar-refractivity contribution in [2.45, 2.75) is 65.3 Å². The number of nitriles is 1. The predicted octanol–water partition coefficient (Wildman–Crippen LogP) is 3.03. The Morgan fingerprint density at radius 3 is 2.35 bits per heavy atom. The molecular formula is C16H28N2O2. The minimum atomic E-state index is -0.844. The number of amides is 1. The van der Waals surface area contributed by atoms with Gasteiger partial charge in [0.05, 0.1) is 6.07 Å². The van der Waals surface area contributed by atoms with Gasteiger partial charge in [-0.3, -0.25) is 4.79 Å². The van der Waals surface area contributed by atoms with Crippen LogP contribution < -0.4 is 5.32 Å². The minimum Gasteiger partial charge on any atom is -0.381 e. The maximum absolute atomic E-state index is 12.6. The molecule has 0 bridgehead atoms. The van der Waals surface area contributed by atoms with Gasteiger partial charge in [-0.1, -0.05) is 26.7 Å². The number of nitrogens with one attached hydrogen (secondary N) is 1. The van der Waals surface area contributed by atoms with Gasteiger partial charge in [0.2, 0.25) is 5.91 Å². The Bertz CT molecular complexity index is 337. The quantitative estimate of drug-likeness (QED) is 0.779. The van der Waals surface area contributed by atoms with Crippen LogP contribution in [0, 0.1) is 22.7 Å². The standard InChI is InChI=1S/C16H28N2O2/c1-4-8-16(12-17,9-5-2)15(19)18-13(3)14-6-10-20-11-7-14/h13-14H,4-11H2,1-3H3,(H,18,19). The third kappa shape index (κ3) is 4.21. The van der Waals surface area contributed by atoms with Crippen LogP contribution in [0.5, 0.6) is 0 Å². The van der Waals surface area contributed by atoms with Crippen molar-refractivity contribution in [2.75, 3.05) is 13.2 Å². The third-order valence-corrected chi connectivity index (χ3v) is 4.33. The first kappa shape index (κ1) is 17.0. The lowest BCUT2D eigenvalue weighted by molar-refractivity contribution is -0.130. The van der Waals surface area contributed by atoms with Crippen molar-refractivity contribution in [3.63, 3.8) is 0 Å². The van der Waals surface area contributed by atoms with E-state index in [1.165, 1.54) is 0 Å². The van der Waals surface area contributed by atoms with Gasteiger partial charge in [0.1, 0.15) is 5.41 Å². The number of carbonyl (C=O) groups is 1. The van der Waals surface area contributed by atoms with Crippen LogP contribution in [-0.2, 0) is 9.53 Å². The Morgan fingerprint density at radius 1 is 1.35 bits per heavy atom. The lowest BCUT2D eigenvalue weighted by Crippen LogP contribution is -2.47. The van der Waals surface area contributed by atoms with Crippen LogP contribution in [0.4, 0.5) is 0 Å². The second-order valence-corrected chi connectivity index (χ2v) is 5.91. The maximum Gasteiger partial charge on any atom is 0.240 e. The second kappa shape index (κ2) is 8.26. The molecule has 0 aromatic heterocycles. The van der Waals surface area contributed by atoms with E-state index in [-0.39, 0.29) is 11.9 Å². The van der Waals surface area contributed by atoms with E-state index in [2.05, 4.69) is 11.4 Å². The molecule has 1 rings (SSSR count). The van der Waals surface area contributed by atoms with Gasteiger partial charge in [-0.2, -0.15) is 5.26 Å². The number of hydrogen-bond acceptors (Lipinski definition) is 3. The molecule has 1 amide bonds. The summed E-state index contributed by atoms with van der Waals surface area (Å²) in [4.78, 5) is 12.6. The third-order valence-electron chi connectivity index (χ3n) is 4.33. The van der Waals surface area contributed by atoms with E-state index < -0.39 is 5.41 Å². The van der Waals surface area contributed by atoms with E-state index in [9.17, 15) is 10.1 Å². The Labute approximate surface area is 122 Å². The number of hydrogen-bond donors (Lipinski definition) is 1. The summed E-state index contributed by atoms with van der Waals surface area (Å²) in [5.41, 5.74) is -0.844. The van der Waals surface area contributed by atoms with Crippen molar-refractivity contribution in [1.29, 1.82) is 5.26 Å². The highest BCUT2D eigenvalue weighted by atomic mass is 16.5. The molecule has 1 unspecified atom stereocenters. The Kier molecular flexibility index (Phi) is 7.01.